The van der Waals surface area contributed by atoms with Crippen molar-refractivity contribution in [1.29, 1.82) is 0 Å². The average molecular weight is 403 g/mol. The van der Waals surface area contributed by atoms with Crippen molar-refractivity contribution < 1.29 is 19.0 Å². The van der Waals surface area contributed by atoms with Crippen LogP contribution in [0.3, 0.4) is 0 Å². The lowest BCUT2D eigenvalue weighted by Gasteiger charge is -2.21. The molecule has 1 aromatic heterocycles. The number of ether oxygens (including phenoxy) is 1. The predicted molar refractivity (Wildman–Crippen MR) is 104 cm³/mol. The van der Waals surface area contributed by atoms with E-state index in [-0.39, 0.29) is 11.8 Å². The van der Waals surface area contributed by atoms with Crippen molar-refractivity contribution in [1.82, 2.24) is 19.9 Å². The summed E-state index contributed by atoms with van der Waals surface area (Å²) in [6.07, 6.45) is 0.568. The fraction of sp³-hybridized carbons (Fsp3) is 0.526. The molecule has 1 fully saturated rings. The van der Waals surface area contributed by atoms with Crippen molar-refractivity contribution in [3.8, 4) is 11.4 Å². The maximum atomic E-state index is 12.1. The Bertz CT molecular complexity index is 836. The van der Waals surface area contributed by atoms with E-state index in [1.165, 1.54) is 12.1 Å². The Hall–Kier alpha value is -3.01. The monoisotopic (exact) mass is 403 g/mol. The molecule has 0 atom stereocenters. The van der Waals surface area contributed by atoms with Gasteiger partial charge < -0.3 is 14.2 Å². The first kappa shape index (κ1) is 20.7. The largest absolute Gasteiger partial charge is 0.449 e. The highest BCUT2D eigenvalue weighted by Gasteiger charge is 2.22. The first-order valence-electron chi connectivity index (χ1n) is 9.64. The number of aromatic nitrogens is 2. The molecule has 1 aliphatic rings. The van der Waals surface area contributed by atoms with Crippen LogP contribution >= 0.6 is 0 Å². The molecule has 2 heterocycles. The number of non-ortho nitro benzene ring substituents is 1. The molecule has 1 aliphatic heterocycles. The molecule has 156 valence electrons. The molecule has 0 aliphatic carbocycles. The van der Waals surface area contributed by atoms with Gasteiger partial charge in [0.2, 0.25) is 11.7 Å². The van der Waals surface area contributed by atoms with Crippen LogP contribution in [0.25, 0.3) is 11.4 Å². The molecule has 1 saturated heterocycles. The minimum Gasteiger partial charge on any atom is -0.449 e. The van der Waals surface area contributed by atoms with Crippen LogP contribution in [0.1, 0.15) is 26.2 Å². The quantitative estimate of drug-likeness (QED) is 0.534. The van der Waals surface area contributed by atoms with Gasteiger partial charge in [0.1, 0.15) is 0 Å². The number of benzene rings is 1. The minimum atomic E-state index is -0.452. The average Bonchev–Trinajstić information content (AvgIpc) is 3.04. The van der Waals surface area contributed by atoms with E-state index < -0.39 is 4.92 Å². The van der Waals surface area contributed by atoms with Crippen molar-refractivity contribution in [2.24, 2.45) is 5.92 Å². The summed E-state index contributed by atoms with van der Waals surface area (Å²) in [6.45, 7) is 7.65. The van der Waals surface area contributed by atoms with Gasteiger partial charge in [-0.05, 0) is 24.5 Å². The smallest absolute Gasteiger partial charge is 0.409 e. The molecule has 10 nitrogen and oxygen atoms in total. The summed E-state index contributed by atoms with van der Waals surface area (Å²) in [6, 6.07) is 6.01. The number of hydrogen-bond donors (Lipinski definition) is 0. The second-order valence-electron chi connectivity index (χ2n) is 7.40. The summed E-state index contributed by atoms with van der Waals surface area (Å²) in [5.41, 5.74) is 0.666. The lowest BCUT2D eigenvalue weighted by atomic mass is 10.2. The van der Waals surface area contributed by atoms with Gasteiger partial charge in [0, 0.05) is 43.9 Å². The lowest BCUT2D eigenvalue weighted by molar-refractivity contribution is -0.384. The molecule has 0 saturated carbocycles. The van der Waals surface area contributed by atoms with Gasteiger partial charge in [-0.15, -0.1) is 0 Å². The third-order valence-electron chi connectivity index (χ3n) is 4.55. The maximum Gasteiger partial charge on any atom is 0.409 e. The lowest BCUT2D eigenvalue weighted by Crippen LogP contribution is -2.36. The highest BCUT2D eigenvalue weighted by Crippen LogP contribution is 2.20. The first-order chi connectivity index (χ1) is 13.9. The standard InChI is InChI=1S/C19H25N5O5/c1-14(2)13-28-19(25)23-9-3-8-22(10-11-23)12-17-20-18(21-29-17)15-4-6-16(7-5-15)24(26)27/h4-7,14H,3,8-13H2,1-2H3. The van der Waals surface area contributed by atoms with Crippen LogP contribution in [0, 0.1) is 16.0 Å². The van der Waals surface area contributed by atoms with Gasteiger partial charge >= 0.3 is 6.09 Å². The molecular formula is C19H25N5O5. The van der Waals surface area contributed by atoms with E-state index >= 15 is 0 Å². The van der Waals surface area contributed by atoms with E-state index in [0.29, 0.717) is 56.0 Å². The van der Waals surface area contributed by atoms with Crippen LogP contribution in [-0.2, 0) is 11.3 Å². The number of rotatable bonds is 6. The molecule has 0 radical (unpaired) electrons. The van der Waals surface area contributed by atoms with E-state index in [1.807, 2.05) is 13.8 Å². The van der Waals surface area contributed by atoms with Crippen LogP contribution in [-0.4, -0.2) is 63.7 Å². The highest BCUT2D eigenvalue weighted by molar-refractivity contribution is 5.67. The van der Waals surface area contributed by atoms with Crippen LogP contribution < -0.4 is 0 Å². The van der Waals surface area contributed by atoms with Gasteiger partial charge in [0.05, 0.1) is 18.1 Å². The predicted octanol–water partition coefficient (Wildman–Crippen LogP) is 2.95. The molecule has 2 aromatic rings. The zero-order valence-corrected chi connectivity index (χ0v) is 16.6. The zero-order chi connectivity index (χ0) is 20.8. The molecule has 10 heteroatoms. The van der Waals surface area contributed by atoms with Gasteiger partial charge in [0.15, 0.2) is 0 Å². The third kappa shape index (κ3) is 5.74. The summed E-state index contributed by atoms with van der Waals surface area (Å²) >= 11 is 0. The fourth-order valence-electron chi connectivity index (χ4n) is 3.00. The number of hydrogen-bond acceptors (Lipinski definition) is 8. The van der Waals surface area contributed by atoms with E-state index in [4.69, 9.17) is 9.26 Å². The molecule has 0 N–H and O–H groups in total. The summed E-state index contributed by atoms with van der Waals surface area (Å²) in [7, 11) is 0. The Morgan fingerprint density at radius 2 is 2.00 bits per heavy atom. The molecule has 29 heavy (non-hydrogen) atoms. The Labute approximate surface area is 168 Å². The van der Waals surface area contributed by atoms with Gasteiger partial charge in [-0.3, -0.25) is 15.0 Å². The molecule has 0 spiro atoms. The van der Waals surface area contributed by atoms with E-state index in [2.05, 4.69) is 15.0 Å². The summed E-state index contributed by atoms with van der Waals surface area (Å²) < 4.78 is 10.7. The normalized spacial score (nSPS) is 15.3. The molecular weight excluding hydrogens is 378 g/mol. The number of nitro benzene ring substituents is 1. The topological polar surface area (TPSA) is 115 Å². The van der Waals surface area contributed by atoms with Gasteiger partial charge in [-0.1, -0.05) is 19.0 Å². The SMILES string of the molecule is CC(C)COC(=O)N1CCCN(Cc2nc(-c3ccc([N+](=O)[O-])cc3)no2)CC1. The van der Waals surface area contributed by atoms with E-state index in [1.54, 1.807) is 17.0 Å². The van der Waals surface area contributed by atoms with Gasteiger partial charge in [-0.2, -0.15) is 4.98 Å². The Morgan fingerprint density at radius 1 is 1.24 bits per heavy atom. The summed E-state index contributed by atoms with van der Waals surface area (Å²) in [5, 5.41) is 14.7. The van der Waals surface area contributed by atoms with E-state index in [9.17, 15) is 14.9 Å². The molecule has 0 unspecified atom stereocenters. The Morgan fingerprint density at radius 3 is 2.69 bits per heavy atom. The summed E-state index contributed by atoms with van der Waals surface area (Å²) in [4.78, 5) is 30.7. The van der Waals surface area contributed by atoms with Crippen molar-refractivity contribution in [2.45, 2.75) is 26.8 Å². The molecule has 0 bridgehead atoms. The second-order valence-corrected chi connectivity index (χ2v) is 7.40. The first-order valence-corrected chi connectivity index (χ1v) is 9.64. The Balaban J connectivity index is 1.54. The van der Waals surface area contributed by atoms with Crippen LogP contribution in [0.2, 0.25) is 0 Å². The number of amides is 1. The number of nitrogens with zero attached hydrogens (tertiary/aromatic N) is 5. The maximum absolute atomic E-state index is 12.1. The molecule has 3 rings (SSSR count). The second kappa shape index (κ2) is 9.46. The molecule has 1 aromatic carbocycles. The minimum absolute atomic E-state index is 0.0125. The molecule has 1 amide bonds. The van der Waals surface area contributed by atoms with E-state index in [0.717, 1.165) is 13.0 Å². The van der Waals surface area contributed by atoms with Crippen LogP contribution in [0.15, 0.2) is 28.8 Å². The van der Waals surface area contributed by atoms with Crippen LogP contribution in [0.4, 0.5) is 10.5 Å². The zero-order valence-electron chi connectivity index (χ0n) is 16.6. The van der Waals surface area contributed by atoms with Crippen LogP contribution in [0.5, 0.6) is 0 Å². The van der Waals surface area contributed by atoms with Crippen molar-refractivity contribution in [2.75, 3.05) is 32.8 Å². The highest BCUT2D eigenvalue weighted by atomic mass is 16.6. The number of carbonyl (C=O) groups is 1. The van der Waals surface area contributed by atoms with Crippen molar-refractivity contribution >= 4 is 11.8 Å². The van der Waals surface area contributed by atoms with Crippen molar-refractivity contribution in [3.05, 3.63) is 40.3 Å². The Kier molecular flexibility index (Phi) is 6.76. The number of nitro groups is 1. The fourth-order valence-corrected chi connectivity index (χ4v) is 3.00. The third-order valence-corrected chi connectivity index (χ3v) is 4.55. The number of carbonyl (C=O) groups excluding carboxylic acids is 1. The van der Waals surface area contributed by atoms with Gasteiger partial charge in [0.25, 0.3) is 5.69 Å². The van der Waals surface area contributed by atoms with Gasteiger partial charge in [-0.25, -0.2) is 4.79 Å². The summed E-state index contributed by atoms with van der Waals surface area (Å²) in [5.74, 6) is 1.17. The van der Waals surface area contributed by atoms with Crippen molar-refractivity contribution in [3.63, 3.8) is 0 Å².